The number of esters is 2. The van der Waals surface area contributed by atoms with Crippen molar-refractivity contribution in [1.29, 1.82) is 0 Å². The summed E-state index contributed by atoms with van der Waals surface area (Å²) >= 11 is 0. The average molecular weight is 664 g/mol. The summed E-state index contributed by atoms with van der Waals surface area (Å²) in [6.07, 6.45) is 3.67. The molecule has 3 saturated carbocycles. The Morgan fingerprint density at radius 1 is 0.771 bits per heavy atom. The van der Waals surface area contributed by atoms with E-state index in [2.05, 4.69) is 5.32 Å². The minimum atomic E-state index is -1.40. The maximum Gasteiger partial charge on any atom is 0.345 e. The van der Waals surface area contributed by atoms with Gasteiger partial charge in [0.1, 0.15) is 11.5 Å². The number of aliphatic carboxylic acids is 2. The quantitative estimate of drug-likeness (QED) is 0.196. The molecule has 258 valence electrons. The lowest BCUT2D eigenvalue weighted by Gasteiger charge is -2.51. The van der Waals surface area contributed by atoms with Gasteiger partial charge in [-0.1, -0.05) is 69.4 Å². The Bertz CT molecular complexity index is 1450. The molecule has 0 aromatic heterocycles. The van der Waals surface area contributed by atoms with Crippen molar-refractivity contribution in [3.63, 3.8) is 0 Å². The molecule has 3 aliphatic rings. The van der Waals surface area contributed by atoms with Gasteiger partial charge in [-0.25, -0.2) is 9.59 Å². The van der Waals surface area contributed by atoms with E-state index in [0.29, 0.717) is 43.6 Å². The number of benzene rings is 2. The molecule has 2 aromatic carbocycles. The average Bonchev–Trinajstić information content (AvgIpc) is 3.79. The number of para-hydroxylation sites is 1. The molecule has 0 bridgehead atoms. The second-order valence-corrected chi connectivity index (χ2v) is 13.4. The van der Waals surface area contributed by atoms with Crippen LogP contribution in [0.3, 0.4) is 0 Å². The lowest BCUT2D eigenvalue weighted by molar-refractivity contribution is -0.199. The van der Waals surface area contributed by atoms with Gasteiger partial charge in [0.25, 0.3) is 0 Å². The van der Waals surface area contributed by atoms with Crippen LogP contribution in [-0.4, -0.2) is 52.2 Å². The maximum absolute atomic E-state index is 14.0. The second kappa shape index (κ2) is 15.7. The van der Waals surface area contributed by atoms with Crippen molar-refractivity contribution in [3.8, 4) is 11.5 Å². The molecule has 0 radical (unpaired) electrons. The highest BCUT2D eigenvalue weighted by Crippen LogP contribution is 2.56. The highest BCUT2D eigenvalue weighted by atomic mass is 16.6. The Morgan fingerprint density at radius 2 is 1.29 bits per heavy atom. The van der Waals surface area contributed by atoms with Crippen LogP contribution in [0.4, 0.5) is 0 Å². The van der Waals surface area contributed by atoms with Gasteiger partial charge in [-0.3, -0.25) is 14.4 Å². The molecule has 3 N–H and O–H groups in total. The van der Waals surface area contributed by atoms with E-state index >= 15 is 0 Å². The number of carbonyl (C=O) groups is 5. The first-order chi connectivity index (χ1) is 23.1. The van der Waals surface area contributed by atoms with E-state index in [9.17, 15) is 34.2 Å². The molecule has 0 heterocycles. The van der Waals surface area contributed by atoms with E-state index in [-0.39, 0.29) is 31.2 Å². The molecule has 3 aliphatic carbocycles. The van der Waals surface area contributed by atoms with Crippen molar-refractivity contribution in [3.05, 3.63) is 60.2 Å². The number of ether oxygens (including phenoxy) is 3. The SMILES string of the molecule is CCCC1(C(=O)NCc2ccc(Oc3ccccc3)cc2)CC(C(=O)OC(C(=O)O)C2CCCC2)C1C(=O)OC(C(=O)O)C1CCCC1. The summed E-state index contributed by atoms with van der Waals surface area (Å²) in [5.74, 6) is -6.66. The molecule has 5 unspecified atom stereocenters. The van der Waals surface area contributed by atoms with Crippen LogP contribution < -0.4 is 10.1 Å². The number of carbonyl (C=O) groups excluding carboxylic acids is 3. The second-order valence-electron chi connectivity index (χ2n) is 13.4. The van der Waals surface area contributed by atoms with Crippen LogP contribution in [0.15, 0.2) is 54.6 Å². The predicted molar refractivity (Wildman–Crippen MR) is 173 cm³/mol. The lowest BCUT2D eigenvalue weighted by Crippen LogP contribution is -2.63. The van der Waals surface area contributed by atoms with Crippen molar-refractivity contribution in [2.24, 2.45) is 29.1 Å². The van der Waals surface area contributed by atoms with E-state index < -0.39 is 59.2 Å². The van der Waals surface area contributed by atoms with Crippen LogP contribution in [0.1, 0.15) is 83.1 Å². The molecule has 48 heavy (non-hydrogen) atoms. The highest BCUT2D eigenvalue weighted by Gasteiger charge is 2.65. The fraction of sp³-hybridized carbons (Fsp3) is 0.541. The zero-order chi connectivity index (χ0) is 34.3. The van der Waals surface area contributed by atoms with E-state index in [1.807, 2.05) is 49.4 Å². The molecule has 11 heteroatoms. The summed E-state index contributed by atoms with van der Waals surface area (Å²) in [7, 11) is 0. The van der Waals surface area contributed by atoms with Crippen molar-refractivity contribution >= 4 is 29.8 Å². The van der Waals surface area contributed by atoms with Crippen molar-refractivity contribution < 1.29 is 48.4 Å². The molecule has 3 fully saturated rings. The monoisotopic (exact) mass is 663 g/mol. The Hall–Kier alpha value is -4.41. The molecule has 11 nitrogen and oxygen atoms in total. The minimum Gasteiger partial charge on any atom is -0.478 e. The first-order valence-electron chi connectivity index (χ1n) is 17.1. The third-order valence-electron chi connectivity index (χ3n) is 10.3. The van der Waals surface area contributed by atoms with E-state index in [4.69, 9.17) is 14.2 Å². The van der Waals surface area contributed by atoms with Gasteiger partial charge in [-0.15, -0.1) is 0 Å². The molecule has 2 aromatic rings. The molecule has 5 rings (SSSR count). The summed E-state index contributed by atoms with van der Waals surface area (Å²) < 4.78 is 17.1. The summed E-state index contributed by atoms with van der Waals surface area (Å²) in [5.41, 5.74) is -0.589. The largest absolute Gasteiger partial charge is 0.478 e. The van der Waals surface area contributed by atoms with Gasteiger partial charge < -0.3 is 29.7 Å². The van der Waals surface area contributed by atoms with Crippen LogP contribution in [-0.2, 0) is 40.0 Å². The smallest absolute Gasteiger partial charge is 0.345 e. The first kappa shape index (κ1) is 34.9. The van der Waals surface area contributed by atoms with Crippen molar-refractivity contribution in [2.75, 3.05) is 0 Å². The number of carboxylic acid groups (broad SMARTS) is 2. The number of hydrogen-bond donors (Lipinski definition) is 3. The van der Waals surface area contributed by atoms with Gasteiger partial charge in [0, 0.05) is 18.4 Å². The first-order valence-corrected chi connectivity index (χ1v) is 17.1. The van der Waals surface area contributed by atoms with Crippen LogP contribution in [0.25, 0.3) is 0 Å². The molecule has 0 spiro atoms. The maximum atomic E-state index is 14.0. The summed E-state index contributed by atoms with van der Waals surface area (Å²) in [6, 6.07) is 16.5. The summed E-state index contributed by atoms with van der Waals surface area (Å²) in [6.45, 7) is 1.99. The fourth-order valence-electron chi connectivity index (χ4n) is 7.81. The summed E-state index contributed by atoms with van der Waals surface area (Å²) in [5, 5.41) is 22.8. The predicted octanol–water partition coefficient (Wildman–Crippen LogP) is 5.89. The van der Waals surface area contributed by atoms with Gasteiger partial charge in [0.05, 0.1) is 17.3 Å². The topological polar surface area (TPSA) is 166 Å². The minimum absolute atomic E-state index is 0.0483. The van der Waals surface area contributed by atoms with E-state index in [0.717, 1.165) is 31.2 Å². The number of hydrogen-bond acceptors (Lipinski definition) is 8. The van der Waals surface area contributed by atoms with Gasteiger partial charge in [-0.05, 0) is 68.4 Å². The Kier molecular flexibility index (Phi) is 11.4. The fourth-order valence-corrected chi connectivity index (χ4v) is 7.81. The van der Waals surface area contributed by atoms with Crippen LogP contribution in [0.5, 0.6) is 11.5 Å². The van der Waals surface area contributed by atoms with Crippen LogP contribution >= 0.6 is 0 Å². The number of rotatable bonds is 15. The van der Waals surface area contributed by atoms with Gasteiger partial charge in [-0.2, -0.15) is 0 Å². The molecule has 1 amide bonds. The van der Waals surface area contributed by atoms with E-state index in [1.54, 1.807) is 12.1 Å². The van der Waals surface area contributed by atoms with Crippen molar-refractivity contribution in [2.45, 2.75) is 96.3 Å². The molecule has 5 atom stereocenters. The zero-order valence-corrected chi connectivity index (χ0v) is 27.3. The van der Waals surface area contributed by atoms with E-state index in [1.165, 1.54) is 0 Å². The van der Waals surface area contributed by atoms with Gasteiger partial charge in [0.15, 0.2) is 0 Å². The summed E-state index contributed by atoms with van der Waals surface area (Å²) in [4.78, 5) is 65.9. The molecular formula is C37H45NO10. The van der Waals surface area contributed by atoms with Crippen LogP contribution in [0, 0.1) is 29.1 Å². The molecular weight excluding hydrogens is 618 g/mol. The third kappa shape index (κ3) is 7.82. The third-order valence-corrected chi connectivity index (χ3v) is 10.3. The van der Waals surface area contributed by atoms with Crippen molar-refractivity contribution in [1.82, 2.24) is 5.32 Å². The standard InChI is InChI=1S/C37H45NO10/c1-2-20-37(36(45)38-22-23-16-18-27(19-17-23)46-26-14-4-3-5-15-26)21-28(34(43)47-30(32(39)40)24-10-6-7-11-24)29(37)35(44)48-31(33(41)42)25-12-8-9-13-25/h3-5,14-19,24-25,28-31H,2,6-13,20-22H2,1H3,(H,38,45)(H,39,40)(H,41,42). The molecule has 0 saturated heterocycles. The van der Waals surface area contributed by atoms with Gasteiger partial charge in [0.2, 0.25) is 18.1 Å². The normalized spacial score (nSPS) is 23.8. The number of carboxylic acids is 2. The number of amides is 1. The Labute approximate surface area is 280 Å². The Morgan fingerprint density at radius 3 is 1.81 bits per heavy atom. The van der Waals surface area contributed by atoms with Gasteiger partial charge >= 0.3 is 23.9 Å². The molecule has 0 aliphatic heterocycles. The Balaban J connectivity index is 1.34. The zero-order valence-electron chi connectivity index (χ0n) is 27.3. The lowest BCUT2D eigenvalue weighted by atomic mass is 9.51. The van der Waals surface area contributed by atoms with Crippen LogP contribution in [0.2, 0.25) is 0 Å². The number of nitrogens with one attached hydrogen (secondary N) is 1. The highest BCUT2D eigenvalue weighted by molar-refractivity contribution is 5.96.